The van der Waals surface area contributed by atoms with Crippen molar-refractivity contribution in [2.75, 3.05) is 32.1 Å². The Morgan fingerprint density at radius 1 is 1.16 bits per heavy atom. The standard InChI is InChI=1S/C17H20BrFN6/c1-23(2)8-9-25(10-12-6-4-5-7-13(12)19)17-14-15(18)22-24(3)16(14)20-11-21-17/h4-7,11H,8-10H2,1-3H3. The molecule has 0 aliphatic carbocycles. The molecule has 2 aromatic heterocycles. The topological polar surface area (TPSA) is 50.1 Å². The maximum Gasteiger partial charge on any atom is 0.164 e. The van der Waals surface area contributed by atoms with Crippen LogP contribution in [0.25, 0.3) is 11.0 Å². The van der Waals surface area contributed by atoms with E-state index in [1.54, 1.807) is 16.8 Å². The number of hydrogen-bond acceptors (Lipinski definition) is 5. The molecule has 0 unspecified atom stereocenters. The summed E-state index contributed by atoms with van der Waals surface area (Å²) in [5.74, 6) is 0.531. The summed E-state index contributed by atoms with van der Waals surface area (Å²) in [4.78, 5) is 12.9. The van der Waals surface area contributed by atoms with Gasteiger partial charge in [0.2, 0.25) is 0 Å². The number of halogens is 2. The van der Waals surface area contributed by atoms with E-state index in [1.807, 2.05) is 27.2 Å². The number of fused-ring (bicyclic) bond motifs is 1. The second-order valence-electron chi connectivity index (χ2n) is 6.13. The third-order valence-electron chi connectivity index (χ3n) is 3.99. The van der Waals surface area contributed by atoms with Gasteiger partial charge in [0.1, 0.15) is 22.6 Å². The number of hydrogen-bond donors (Lipinski definition) is 0. The van der Waals surface area contributed by atoms with E-state index in [1.165, 1.54) is 12.4 Å². The van der Waals surface area contributed by atoms with Crippen LogP contribution in [0.4, 0.5) is 10.2 Å². The SMILES string of the molecule is CN(C)CCN(Cc1ccccc1F)c1ncnc2c1c(Br)nn2C. The van der Waals surface area contributed by atoms with Crippen molar-refractivity contribution < 1.29 is 4.39 Å². The van der Waals surface area contributed by atoms with Gasteiger partial charge in [0.25, 0.3) is 0 Å². The Hall–Kier alpha value is -2.06. The molecule has 0 spiro atoms. The maximum atomic E-state index is 14.2. The van der Waals surface area contributed by atoms with Crippen molar-refractivity contribution in [1.29, 1.82) is 0 Å². The highest BCUT2D eigenvalue weighted by molar-refractivity contribution is 9.10. The van der Waals surface area contributed by atoms with Gasteiger partial charge >= 0.3 is 0 Å². The molecule has 0 N–H and O–H groups in total. The van der Waals surface area contributed by atoms with Crippen molar-refractivity contribution in [3.05, 3.63) is 46.6 Å². The molecule has 6 nitrogen and oxygen atoms in total. The average molecular weight is 407 g/mol. The Balaban J connectivity index is 2.04. The van der Waals surface area contributed by atoms with Crippen molar-refractivity contribution >= 4 is 32.8 Å². The summed E-state index contributed by atoms with van der Waals surface area (Å²) < 4.78 is 16.6. The summed E-state index contributed by atoms with van der Waals surface area (Å²) in [7, 11) is 5.86. The van der Waals surface area contributed by atoms with E-state index in [2.05, 4.69) is 40.8 Å². The highest BCUT2D eigenvalue weighted by atomic mass is 79.9. The van der Waals surface area contributed by atoms with Crippen molar-refractivity contribution in [2.45, 2.75) is 6.54 Å². The highest BCUT2D eigenvalue weighted by Gasteiger charge is 2.19. The zero-order chi connectivity index (χ0) is 18.0. The lowest BCUT2D eigenvalue weighted by Crippen LogP contribution is -2.32. The zero-order valence-electron chi connectivity index (χ0n) is 14.4. The molecule has 1 aromatic carbocycles. The molecule has 0 aliphatic rings. The second-order valence-corrected chi connectivity index (χ2v) is 6.88. The van der Waals surface area contributed by atoms with Crippen LogP contribution in [0.15, 0.2) is 35.2 Å². The molecule has 8 heteroatoms. The Kier molecular flexibility index (Phi) is 5.29. The Morgan fingerprint density at radius 3 is 2.64 bits per heavy atom. The molecule has 0 atom stereocenters. The van der Waals surface area contributed by atoms with E-state index in [9.17, 15) is 4.39 Å². The van der Waals surface area contributed by atoms with Crippen molar-refractivity contribution in [3.8, 4) is 0 Å². The summed E-state index contributed by atoms with van der Waals surface area (Å²) in [6.07, 6.45) is 1.52. The Labute approximate surface area is 154 Å². The van der Waals surface area contributed by atoms with Crippen molar-refractivity contribution in [1.82, 2.24) is 24.6 Å². The Bertz CT molecular complexity index is 879. The molecule has 0 saturated heterocycles. The molecule has 0 radical (unpaired) electrons. The largest absolute Gasteiger partial charge is 0.350 e. The lowest BCUT2D eigenvalue weighted by molar-refractivity contribution is 0.411. The minimum Gasteiger partial charge on any atom is -0.350 e. The van der Waals surface area contributed by atoms with Crippen LogP contribution in [0, 0.1) is 5.82 Å². The average Bonchev–Trinajstić information content (AvgIpc) is 2.88. The molecule has 0 fully saturated rings. The predicted octanol–water partition coefficient (Wildman–Crippen LogP) is 2.83. The van der Waals surface area contributed by atoms with E-state index in [0.717, 1.165) is 23.4 Å². The number of nitrogens with zero attached hydrogens (tertiary/aromatic N) is 6. The van der Waals surface area contributed by atoms with Crippen molar-refractivity contribution in [3.63, 3.8) is 0 Å². The first-order valence-corrected chi connectivity index (χ1v) is 8.73. The smallest absolute Gasteiger partial charge is 0.164 e. The van der Waals surface area contributed by atoms with E-state index in [4.69, 9.17) is 0 Å². The third kappa shape index (κ3) is 3.80. The van der Waals surface area contributed by atoms with Gasteiger partial charge in [-0.15, -0.1) is 0 Å². The molecule has 25 heavy (non-hydrogen) atoms. The van der Waals surface area contributed by atoms with E-state index < -0.39 is 0 Å². The quantitative estimate of drug-likeness (QED) is 0.629. The molecule has 0 saturated carbocycles. The number of benzene rings is 1. The molecule has 3 aromatic rings. The van der Waals surface area contributed by atoms with E-state index >= 15 is 0 Å². The first-order chi connectivity index (χ1) is 12.0. The van der Waals surface area contributed by atoms with Gasteiger partial charge in [0.05, 0.1) is 5.39 Å². The van der Waals surface area contributed by atoms with Gasteiger partial charge < -0.3 is 9.80 Å². The summed E-state index contributed by atoms with van der Waals surface area (Å²) in [5, 5.41) is 5.21. The second kappa shape index (κ2) is 7.45. The molecule has 132 valence electrons. The fourth-order valence-corrected chi connectivity index (χ4v) is 3.27. The van der Waals surface area contributed by atoms with E-state index in [-0.39, 0.29) is 5.82 Å². The first-order valence-electron chi connectivity index (χ1n) is 7.93. The van der Waals surface area contributed by atoms with Crippen LogP contribution in [0.5, 0.6) is 0 Å². The first kappa shape index (κ1) is 17.8. The van der Waals surface area contributed by atoms with Gasteiger partial charge in [0.15, 0.2) is 5.65 Å². The lowest BCUT2D eigenvalue weighted by Gasteiger charge is -2.26. The number of rotatable bonds is 6. The van der Waals surface area contributed by atoms with Gasteiger partial charge in [-0.2, -0.15) is 5.10 Å². The highest BCUT2D eigenvalue weighted by Crippen LogP contribution is 2.30. The number of anilines is 1. The zero-order valence-corrected chi connectivity index (χ0v) is 16.0. The fraction of sp³-hybridized carbons (Fsp3) is 0.353. The van der Waals surface area contributed by atoms with Gasteiger partial charge in [-0.3, -0.25) is 0 Å². The van der Waals surface area contributed by atoms with Crippen LogP contribution in [0.2, 0.25) is 0 Å². The van der Waals surface area contributed by atoms with Gasteiger partial charge in [0, 0.05) is 32.2 Å². The fourth-order valence-electron chi connectivity index (χ4n) is 2.68. The molecule has 0 bridgehead atoms. The summed E-state index contributed by atoms with van der Waals surface area (Å²) in [5.41, 5.74) is 1.37. The molecule has 0 aliphatic heterocycles. The maximum absolute atomic E-state index is 14.2. The molecule has 3 rings (SSSR count). The van der Waals surface area contributed by atoms with Crippen molar-refractivity contribution in [2.24, 2.45) is 7.05 Å². The van der Waals surface area contributed by atoms with Crippen LogP contribution in [0.1, 0.15) is 5.56 Å². The van der Waals surface area contributed by atoms with Gasteiger partial charge in [-0.1, -0.05) is 18.2 Å². The predicted molar refractivity (Wildman–Crippen MR) is 100 cm³/mol. The summed E-state index contributed by atoms with van der Waals surface area (Å²) in [6, 6.07) is 6.82. The van der Waals surface area contributed by atoms with Crippen LogP contribution < -0.4 is 4.90 Å². The summed E-state index contributed by atoms with van der Waals surface area (Å²) in [6.45, 7) is 1.95. The molecule has 0 amide bonds. The number of likely N-dealkylation sites (N-methyl/N-ethyl adjacent to an activating group) is 1. The minimum atomic E-state index is -0.215. The number of aromatic nitrogens is 4. The minimum absolute atomic E-state index is 0.215. The number of aryl methyl sites for hydroxylation is 1. The van der Waals surface area contributed by atoms with Crippen LogP contribution >= 0.6 is 15.9 Å². The summed E-state index contributed by atoms with van der Waals surface area (Å²) >= 11 is 3.49. The van der Waals surface area contributed by atoms with Gasteiger partial charge in [-0.25, -0.2) is 19.0 Å². The lowest BCUT2D eigenvalue weighted by atomic mass is 10.2. The van der Waals surface area contributed by atoms with Crippen LogP contribution in [-0.2, 0) is 13.6 Å². The monoisotopic (exact) mass is 406 g/mol. The molecule has 2 heterocycles. The molecular formula is C17H20BrFN6. The Morgan fingerprint density at radius 2 is 1.92 bits per heavy atom. The van der Waals surface area contributed by atoms with Crippen LogP contribution in [-0.4, -0.2) is 51.8 Å². The normalized spacial score (nSPS) is 11.4. The van der Waals surface area contributed by atoms with E-state index in [0.29, 0.717) is 23.3 Å². The van der Waals surface area contributed by atoms with Crippen LogP contribution in [0.3, 0.4) is 0 Å². The third-order valence-corrected chi connectivity index (χ3v) is 4.55. The van der Waals surface area contributed by atoms with Gasteiger partial charge in [-0.05, 0) is 36.1 Å². The molecular weight excluding hydrogens is 387 g/mol.